The minimum Gasteiger partial charge on any atom is -0.339 e. The lowest BCUT2D eigenvalue weighted by Gasteiger charge is -2.30. The summed E-state index contributed by atoms with van der Waals surface area (Å²) < 4.78 is 0. The summed E-state index contributed by atoms with van der Waals surface area (Å²) in [5.74, 6) is 1.78. The normalized spacial score (nSPS) is 21.1. The fourth-order valence-corrected chi connectivity index (χ4v) is 2.58. The molecule has 4 nitrogen and oxygen atoms in total. The van der Waals surface area contributed by atoms with E-state index in [1.807, 2.05) is 17.8 Å². The molecular formula is C10H12N4S. The lowest BCUT2D eigenvalue weighted by molar-refractivity contribution is 0.753. The van der Waals surface area contributed by atoms with E-state index in [9.17, 15) is 0 Å². The third-order valence-corrected chi connectivity index (χ3v) is 3.42. The molecule has 1 aliphatic heterocycles. The molecular weight excluding hydrogens is 208 g/mol. The minimum absolute atomic E-state index is 0.436. The molecule has 0 aliphatic carbocycles. The highest BCUT2D eigenvalue weighted by atomic mass is 32.2. The van der Waals surface area contributed by atoms with Crippen LogP contribution in [-0.2, 0) is 0 Å². The maximum Gasteiger partial charge on any atom is 0.226 e. The Balaban J connectivity index is 2.18. The number of nitrogens with zero attached hydrogens (tertiary/aromatic N) is 4. The first-order valence-electron chi connectivity index (χ1n) is 4.89. The molecule has 1 unspecified atom stereocenters. The summed E-state index contributed by atoms with van der Waals surface area (Å²) in [6, 6.07) is 3.67. The van der Waals surface area contributed by atoms with Crippen LogP contribution in [0.1, 0.15) is 12.6 Å². The molecule has 0 spiro atoms. The van der Waals surface area contributed by atoms with Crippen molar-refractivity contribution in [2.24, 2.45) is 0 Å². The van der Waals surface area contributed by atoms with Crippen molar-refractivity contribution < 1.29 is 0 Å². The predicted molar refractivity (Wildman–Crippen MR) is 60.9 cm³/mol. The van der Waals surface area contributed by atoms with Crippen LogP contribution in [0.25, 0.3) is 0 Å². The second-order valence-corrected chi connectivity index (χ2v) is 5.03. The molecule has 78 valence electrons. The quantitative estimate of drug-likeness (QED) is 0.714. The van der Waals surface area contributed by atoms with Gasteiger partial charge in [-0.15, -0.1) is 0 Å². The molecule has 0 radical (unpaired) electrons. The van der Waals surface area contributed by atoms with E-state index in [1.54, 1.807) is 12.3 Å². The van der Waals surface area contributed by atoms with E-state index < -0.39 is 0 Å². The molecule has 1 fully saturated rings. The molecule has 1 aliphatic rings. The first kappa shape index (κ1) is 10.2. The van der Waals surface area contributed by atoms with Crippen LogP contribution in [0.3, 0.4) is 0 Å². The molecule has 2 rings (SSSR count). The van der Waals surface area contributed by atoms with E-state index in [-0.39, 0.29) is 0 Å². The van der Waals surface area contributed by atoms with Crippen molar-refractivity contribution in [1.29, 1.82) is 5.26 Å². The van der Waals surface area contributed by atoms with Crippen molar-refractivity contribution in [2.45, 2.75) is 12.2 Å². The highest BCUT2D eigenvalue weighted by Crippen LogP contribution is 2.20. The zero-order chi connectivity index (χ0) is 10.7. The lowest BCUT2D eigenvalue weighted by Crippen LogP contribution is -2.37. The molecule has 0 saturated carbocycles. The Kier molecular flexibility index (Phi) is 3.07. The van der Waals surface area contributed by atoms with Gasteiger partial charge in [-0.3, -0.25) is 0 Å². The topological polar surface area (TPSA) is 52.8 Å². The number of thioether (sulfide) groups is 1. The Morgan fingerprint density at radius 2 is 2.53 bits per heavy atom. The second-order valence-electron chi connectivity index (χ2n) is 3.48. The largest absolute Gasteiger partial charge is 0.339 e. The van der Waals surface area contributed by atoms with Crippen LogP contribution in [0.2, 0.25) is 0 Å². The van der Waals surface area contributed by atoms with E-state index in [0.717, 1.165) is 18.8 Å². The Labute approximate surface area is 93.3 Å². The summed E-state index contributed by atoms with van der Waals surface area (Å²) in [6.45, 7) is 4.12. The zero-order valence-electron chi connectivity index (χ0n) is 8.55. The Bertz CT molecular complexity index is 387. The average molecular weight is 220 g/mol. The van der Waals surface area contributed by atoms with Crippen molar-refractivity contribution in [3.05, 3.63) is 18.0 Å². The van der Waals surface area contributed by atoms with Crippen LogP contribution in [0.15, 0.2) is 12.3 Å². The van der Waals surface area contributed by atoms with Crippen LogP contribution in [-0.4, -0.2) is 34.1 Å². The molecule has 2 heterocycles. The molecule has 1 saturated heterocycles. The van der Waals surface area contributed by atoms with Gasteiger partial charge in [0.1, 0.15) is 11.8 Å². The number of nitriles is 1. The Morgan fingerprint density at radius 3 is 3.27 bits per heavy atom. The van der Waals surface area contributed by atoms with Gasteiger partial charge in [-0.05, 0) is 6.07 Å². The SMILES string of the molecule is CC1CN(c2nccc(C#N)n2)CCS1. The van der Waals surface area contributed by atoms with Crippen LogP contribution in [0, 0.1) is 11.3 Å². The van der Waals surface area contributed by atoms with Gasteiger partial charge in [-0.25, -0.2) is 9.97 Å². The maximum absolute atomic E-state index is 8.75. The van der Waals surface area contributed by atoms with Crippen molar-refractivity contribution in [1.82, 2.24) is 9.97 Å². The lowest BCUT2D eigenvalue weighted by atomic mass is 10.4. The van der Waals surface area contributed by atoms with E-state index in [2.05, 4.69) is 21.8 Å². The molecule has 15 heavy (non-hydrogen) atoms. The molecule has 1 aromatic heterocycles. The van der Waals surface area contributed by atoms with Crippen LogP contribution < -0.4 is 4.90 Å². The average Bonchev–Trinajstić information content (AvgIpc) is 2.29. The Morgan fingerprint density at radius 1 is 1.67 bits per heavy atom. The monoisotopic (exact) mass is 220 g/mol. The summed E-state index contributed by atoms with van der Waals surface area (Å²) in [5, 5.41) is 9.35. The third-order valence-electron chi connectivity index (χ3n) is 2.28. The highest BCUT2D eigenvalue weighted by molar-refractivity contribution is 8.00. The first-order valence-corrected chi connectivity index (χ1v) is 5.94. The fourth-order valence-electron chi connectivity index (χ4n) is 1.56. The van der Waals surface area contributed by atoms with Gasteiger partial charge in [0.05, 0.1) is 0 Å². The number of rotatable bonds is 1. The van der Waals surface area contributed by atoms with Gasteiger partial charge < -0.3 is 4.90 Å². The van der Waals surface area contributed by atoms with Gasteiger partial charge in [0.25, 0.3) is 0 Å². The number of anilines is 1. The van der Waals surface area contributed by atoms with Crippen LogP contribution >= 0.6 is 11.8 Å². The van der Waals surface area contributed by atoms with E-state index >= 15 is 0 Å². The predicted octanol–water partition coefficient (Wildman–Crippen LogP) is 1.29. The van der Waals surface area contributed by atoms with Crippen LogP contribution in [0.5, 0.6) is 0 Å². The molecule has 0 N–H and O–H groups in total. The van der Waals surface area contributed by atoms with Crippen molar-refractivity contribution in [3.8, 4) is 6.07 Å². The zero-order valence-corrected chi connectivity index (χ0v) is 9.37. The number of hydrogen-bond acceptors (Lipinski definition) is 5. The smallest absolute Gasteiger partial charge is 0.226 e. The molecule has 0 aromatic carbocycles. The summed E-state index contributed by atoms with van der Waals surface area (Å²) in [6.07, 6.45) is 1.65. The maximum atomic E-state index is 8.75. The van der Waals surface area contributed by atoms with E-state index in [0.29, 0.717) is 16.9 Å². The van der Waals surface area contributed by atoms with E-state index in [4.69, 9.17) is 5.26 Å². The van der Waals surface area contributed by atoms with Gasteiger partial charge in [-0.2, -0.15) is 17.0 Å². The summed E-state index contributed by atoms with van der Waals surface area (Å²) in [5.41, 5.74) is 0.436. The number of hydrogen-bond donors (Lipinski definition) is 0. The second kappa shape index (κ2) is 4.49. The molecule has 1 atom stereocenters. The van der Waals surface area contributed by atoms with Crippen molar-refractivity contribution in [3.63, 3.8) is 0 Å². The molecule has 0 bridgehead atoms. The molecule has 1 aromatic rings. The van der Waals surface area contributed by atoms with Gasteiger partial charge in [0.15, 0.2) is 0 Å². The van der Waals surface area contributed by atoms with Gasteiger partial charge in [0, 0.05) is 30.3 Å². The number of aromatic nitrogens is 2. The summed E-state index contributed by atoms with van der Waals surface area (Å²) >= 11 is 1.96. The van der Waals surface area contributed by atoms with Gasteiger partial charge in [0.2, 0.25) is 5.95 Å². The van der Waals surface area contributed by atoms with Crippen LogP contribution in [0.4, 0.5) is 5.95 Å². The fraction of sp³-hybridized carbons (Fsp3) is 0.500. The first-order chi connectivity index (χ1) is 7.29. The van der Waals surface area contributed by atoms with Gasteiger partial charge in [-0.1, -0.05) is 6.92 Å². The van der Waals surface area contributed by atoms with E-state index in [1.165, 1.54) is 0 Å². The molecule has 0 amide bonds. The van der Waals surface area contributed by atoms with Crippen molar-refractivity contribution in [2.75, 3.05) is 23.7 Å². The highest BCUT2D eigenvalue weighted by Gasteiger charge is 2.18. The minimum atomic E-state index is 0.436. The summed E-state index contributed by atoms with van der Waals surface area (Å²) in [4.78, 5) is 10.5. The van der Waals surface area contributed by atoms with Gasteiger partial charge >= 0.3 is 0 Å². The third kappa shape index (κ3) is 2.39. The Hall–Kier alpha value is -1.28. The molecule has 5 heteroatoms. The summed E-state index contributed by atoms with van der Waals surface area (Å²) in [7, 11) is 0. The standard InChI is InChI=1S/C10H12N4S/c1-8-7-14(4-5-15-8)10-12-3-2-9(6-11)13-10/h2-3,8H,4-5,7H2,1H3. The van der Waals surface area contributed by atoms with Crippen molar-refractivity contribution >= 4 is 17.7 Å².